The Labute approximate surface area is 139 Å². The van der Waals surface area contributed by atoms with Gasteiger partial charge in [0.25, 0.3) is 5.91 Å². The fourth-order valence-electron chi connectivity index (χ4n) is 2.31. The van der Waals surface area contributed by atoms with Gasteiger partial charge in [-0.05, 0) is 36.8 Å². The first-order valence-electron chi connectivity index (χ1n) is 7.37. The maximum absolute atomic E-state index is 12.3. The van der Waals surface area contributed by atoms with E-state index in [1.165, 1.54) is 0 Å². The molecular weight excluding hydrogens is 316 g/mol. The van der Waals surface area contributed by atoms with Crippen molar-refractivity contribution in [2.75, 3.05) is 31.6 Å². The molecule has 1 aromatic carbocycles. The summed E-state index contributed by atoms with van der Waals surface area (Å²) in [7, 11) is 0. The summed E-state index contributed by atoms with van der Waals surface area (Å²) in [5.41, 5.74) is 2.24. The van der Waals surface area contributed by atoms with Gasteiger partial charge in [0.2, 0.25) is 0 Å². The van der Waals surface area contributed by atoms with Crippen LogP contribution in [0.3, 0.4) is 0 Å². The van der Waals surface area contributed by atoms with Crippen LogP contribution in [0.5, 0.6) is 0 Å². The van der Waals surface area contributed by atoms with Crippen molar-refractivity contribution in [3.05, 3.63) is 46.6 Å². The molecule has 0 unspecified atom stereocenters. The average molecular weight is 333 g/mol. The number of morpholine rings is 1. The van der Waals surface area contributed by atoms with Crippen molar-refractivity contribution >= 4 is 29.0 Å². The zero-order valence-electron chi connectivity index (χ0n) is 12.8. The fraction of sp³-hybridized carbons (Fsp3) is 0.312. The second kappa shape index (κ2) is 6.93. The van der Waals surface area contributed by atoms with E-state index in [4.69, 9.17) is 16.3 Å². The molecule has 2 aromatic rings. The summed E-state index contributed by atoms with van der Waals surface area (Å²) in [5, 5.41) is 11.9. The van der Waals surface area contributed by atoms with E-state index in [0.29, 0.717) is 42.8 Å². The molecule has 7 heteroatoms. The molecule has 23 heavy (non-hydrogen) atoms. The molecule has 0 spiro atoms. The van der Waals surface area contributed by atoms with E-state index in [9.17, 15) is 4.79 Å². The molecule has 0 atom stereocenters. The molecule has 120 valence electrons. The minimum atomic E-state index is -0.119. The van der Waals surface area contributed by atoms with Crippen molar-refractivity contribution < 1.29 is 9.53 Å². The van der Waals surface area contributed by atoms with Gasteiger partial charge in [-0.3, -0.25) is 4.79 Å². The molecule has 0 aliphatic carbocycles. The summed E-state index contributed by atoms with van der Waals surface area (Å²) >= 11 is 6.00. The summed E-state index contributed by atoms with van der Waals surface area (Å²) in [6.07, 6.45) is 0. The van der Waals surface area contributed by atoms with Crippen molar-refractivity contribution in [1.82, 2.24) is 15.1 Å². The number of nitrogens with zero attached hydrogens (tertiary/aromatic N) is 3. The van der Waals surface area contributed by atoms with Crippen LogP contribution in [0.4, 0.5) is 11.5 Å². The van der Waals surface area contributed by atoms with Gasteiger partial charge in [0, 0.05) is 23.8 Å². The van der Waals surface area contributed by atoms with Crippen LogP contribution in [0, 0.1) is 6.92 Å². The molecule has 0 saturated carbocycles. The van der Waals surface area contributed by atoms with Gasteiger partial charge in [-0.2, -0.15) is 0 Å². The van der Waals surface area contributed by atoms with E-state index in [1.54, 1.807) is 17.0 Å². The standard InChI is InChI=1S/C16H17ClN4O2/c1-11-2-3-12(17)10-14(11)18-15-5-4-13(19-20-15)16(22)21-6-8-23-9-7-21/h2-5,10H,6-9H2,1H3,(H,18,20). The largest absolute Gasteiger partial charge is 0.378 e. The number of ether oxygens (including phenoxy) is 1. The first kappa shape index (κ1) is 15.7. The number of hydrogen-bond donors (Lipinski definition) is 1. The first-order valence-corrected chi connectivity index (χ1v) is 7.75. The van der Waals surface area contributed by atoms with Gasteiger partial charge in [-0.15, -0.1) is 10.2 Å². The van der Waals surface area contributed by atoms with Crippen LogP contribution in [-0.2, 0) is 4.74 Å². The Morgan fingerprint density at radius 1 is 1.22 bits per heavy atom. The quantitative estimate of drug-likeness (QED) is 0.936. The Morgan fingerprint density at radius 3 is 2.70 bits per heavy atom. The zero-order valence-corrected chi connectivity index (χ0v) is 13.5. The number of hydrogen-bond acceptors (Lipinski definition) is 5. The molecule has 1 aliphatic rings. The molecule has 3 rings (SSSR count). The van der Waals surface area contributed by atoms with Crippen LogP contribution < -0.4 is 5.32 Å². The topological polar surface area (TPSA) is 67.4 Å². The number of nitrogens with one attached hydrogen (secondary N) is 1. The van der Waals surface area contributed by atoms with Gasteiger partial charge in [0.15, 0.2) is 11.5 Å². The van der Waals surface area contributed by atoms with Gasteiger partial charge < -0.3 is 15.0 Å². The molecule has 1 aromatic heterocycles. The van der Waals surface area contributed by atoms with Crippen LogP contribution in [0.1, 0.15) is 16.1 Å². The molecule has 6 nitrogen and oxygen atoms in total. The van der Waals surface area contributed by atoms with Gasteiger partial charge in [0.05, 0.1) is 13.2 Å². The van der Waals surface area contributed by atoms with E-state index < -0.39 is 0 Å². The average Bonchev–Trinajstić information content (AvgIpc) is 2.59. The van der Waals surface area contributed by atoms with Gasteiger partial charge in [0.1, 0.15) is 0 Å². The van der Waals surface area contributed by atoms with Crippen molar-refractivity contribution in [3.63, 3.8) is 0 Å². The number of aryl methyl sites for hydroxylation is 1. The maximum Gasteiger partial charge on any atom is 0.274 e. The lowest BCUT2D eigenvalue weighted by Gasteiger charge is -2.26. The van der Waals surface area contributed by atoms with Gasteiger partial charge in [-0.25, -0.2) is 0 Å². The number of aromatic nitrogens is 2. The molecule has 1 N–H and O–H groups in total. The molecule has 0 radical (unpaired) electrons. The molecule has 1 amide bonds. The van der Waals surface area contributed by atoms with E-state index >= 15 is 0 Å². The molecule has 2 heterocycles. The molecule has 1 fully saturated rings. The normalized spacial score (nSPS) is 14.6. The minimum absolute atomic E-state index is 0.119. The summed E-state index contributed by atoms with van der Waals surface area (Å²) in [6.45, 7) is 4.27. The Kier molecular flexibility index (Phi) is 4.73. The van der Waals surface area contributed by atoms with Gasteiger partial charge >= 0.3 is 0 Å². The number of rotatable bonds is 3. The minimum Gasteiger partial charge on any atom is -0.378 e. The van der Waals surface area contributed by atoms with Crippen LogP contribution in [0.25, 0.3) is 0 Å². The van der Waals surface area contributed by atoms with Crippen molar-refractivity contribution in [2.24, 2.45) is 0 Å². The first-order chi connectivity index (χ1) is 11.1. The van der Waals surface area contributed by atoms with Crippen molar-refractivity contribution in [1.29, 1.82) is 0 Å². The number of benzene rings is 1. The second-order valence-electron chi connectivity index (χ2n) is 5.29. The maximum atomic E-state index is 12.3. The number of carbonyl (C=O) groups excluding carboxylic acids is 1. The second-order valence-corrected chi connectivity index (χ2v) is 5.73. The summed E-state index contributed by atoms with van der Waals surface area (Å²) in [6, 6.07) is 8.99. The number of carbonyl (C=O) groups is 1. The van der Waals surface area contributed by atoms with Crippen LogP contribution in [0.15, 0.2) is 30.3 Å². The summed E-state index contributed by atoms with van der Waals surface area (Å²) in [4.78, 5) is 14.0. The lowest BCUT2D eigenvalue weighted by molar-refractivity contribution is 0.0298. The third-order valence-electron chi connectivity index (χ3n) is 3.64. The highest BCUT2D eigenvalue weighted by atomic mass is 35.5. The fourth-order valence-corrected chi connectivity index (χ4v) is 2.48. The predicted molar refractivity (Wildman–Crippen MR) is 88.2 cm³/mol. The highest BCUT2D eigenvalue weighted by Crippen LogP contribution is 2.23. The Hall–Kier alpha value is -2.18. The lowest BCUT2D eigenvalue weighted by Crippen LogP contribution is -2.41. The number of anilines is 2. The predicted octanol–water partition coefficient (Wildman–Crippen LogP) is 2.65. The molecule has 1 saturated heterocycles. The third kappa shape index (κ3) is 3.78. The smallest absolute Gasteiger partial charge is 0.274 e. The van der Waals surface area contributed by atoms with E-state index in [-0.39, 0.29) is 5.91 Å². The SMILES string of the molecule is Cc1ccc(Cl)cc1Nc1ccc(C(=O)N2CCOCC2)nn1. The van der Waals surface area contributed by atoms with Crippen molar-refractivity contribution in [2.45, 2.75) is 6.92 Å². The molecule has 0 bridgehead atoms. The highest BCUT2D eigenvalue weighted by Gasteiger charge is 2.19. The van der Waals surface area contributed by atoms with E-state index in [1.807, 2.05) is 25.1 Å². The summed E-state index contributed by atoms with van der Waals surface area (Å²) < 4.78 is 5.24. The van der Waals surface area contributed by atoms with Crippen LogP contribution >= 0.6 is 11.6 Å². The monoisotopic (exact) mass is 332 g/mol. The number of halogens is 1. The van der Waals surface area contributed by atoms with E-state index in [2.05, 4.69) is 15.5 Å². The molecular formula is C16H17ClN4O2. The Bertz CT molecular complexity index is 700. The van der Waals surface area contributed by atoms with Gasteiger partial charge in [-0.1, -0.05) is 17.7 Å². The van der Waals surface area contributed by atoms with Crippen molar-refractivity contribution in [3.8, 4) is 0 Å². The third-order valence-corrected chi connectivity index (χ3v) is 3.88. The van der Waals surface area contributed by atoms with Crippen LogP contribution in [-0.4, -0.2) is 47.3 Å². The Morgan fingerprint density at radius 2 is 2.00 bits per heavy atom. The summed E-state index contributed by atoms with van der Waals surface area (Å²) in [5.74, 6) is 0.445. The lowest BCUT2D eigenvalue weighted by atomic mass is 10.2. The van der Waals surface area contributed by atoms with Crippen LogP contribution in [0.2, 0.25) is 5.02 Å². The Balaban J connectivity index is 1.71. The zero-order chi connectivity index (χ0) is 16.2. The number of amides is 1. The van der Waals surface area contributed by atoms with E-state index in [0.717, 1.165) is 11.3 Å². The molecule has 1 aliphatic heterocycles. The highest BCUT2D eigenvalue weighted by molar-refractivity contribution is 6.30.